The first-order valence-corrected chi connectivity index (χ1v) is 9.67. The van der Waals surface area contributed by atoms with Gasteiger partial charge < -0.3 is 9.84 Å². The van der Waals surface area contributed by atoms with Crippen LogP contribution >= 0.6 is 23.2 Å². The Morgan fingerprint density at radius 3 is 2.69 bits per heavy atom. The van der Waals surface area contributed by atoms with E-state index in [0.29, 0.717) is 50.5 Å². The number of ether oxygens (including phenoxy) is 1. The van der Waals surface area contributed by atoms with E-state index in [4.69, 9.17) is 27.9 Å². The van der Waals surface area contributed by atoms with Gasteiger partial charge >= 0.3 is 0 Å². The van der Waals surface area contributed by atoms with Crippen molar-refractivity contribution in [1.29, 1.82) is 0 Å². The van der Waals surface area contributed by atoms with Crippen molar-refractivity contribution in [3.8, 4) is 5.75 Å². The molecule has 0 radical (unpaired) electrons. The monoisotopic (exact) mass is 424 g/mol. The second-order valence-corrected chi connectivity index (χ2v) is 7.58. The predicted octanol–water partition coefficient (Wildman–Crippen LogP) is 4.94. The van der Waals surface area contributed by atoms with Crippen LogP contribution in [0.25, 0.3) is 0 Å². The molecule has 0 saturated carbocycles. The number of carbonyl (C=O) groups excluding carboxylic acids is 1. The van der Waals surface area contributed by atoms with Crippen molar-refractivity contribution < 1.29 is 14.6 Å². The fraction of sp³-hybridized carbons (Fsp3) is 0.0909. The van der Waals surface area contributed by atoms with Crippen LogP contribution < -0.4 is 9.64 Å². The fourth-order valence-corrected chi connectivity index (χ4v) is 4.09. The number of anilines is 1. The minimum atomic E-state index is -1.74. The van der Waals surface area contributed by atoms with Crippen molar-refractivity contribution in [1.82, 2.24) is 0 Å². The van der Waals surface area contributed by atoms with Gasteiger partial charge in [0.25, 0.3) is 5.91 Å². The van der Waals surface area contributed by atoms with Gasteiger partial charge in [-0.2, -0.15) is 0 Å². The number of benzene rings is 3. The first-order valence-electron chi connectivity index (χ1n) is 8.91. The highest BCUT2D eigenvalue weighted by Crippen LogP contribution is 2.47. The zero-order valence-corrected chi connectivity index (χ0v) is 16.5. The molecule has 0 aliphatic carbocycles. The molecule has 1 atom stereocenters. The molecular formula is C22H14Cl2N2O3. The van der Waals surface area contributed by atoms with Gasteiger partial charge in [0.1, 0.15) is 18.0 Å². The van der Waals surface area contributed by atoms with Gasteiger partial charge in [-0.3, -0.25) is 14.7 Å². The second kappa shape index (κ2) is 6.59. The van der Waals surface area contributed by atoms with Crippen LogP contribution in [0.15, 0.2) is 65.7 Å². The van der Waals surface area contributed by atoms with Crippen molar-refractivity contribution in [2.24, 2.45) is 4.99 Å². The summed E-state index contributed by atoms with van der Waals surface area (Å²) in [4.78, 5) is 19.0. The third kappa shape index (κ3) is 2.66. The molecule has 0 bridgehead atoms. The lowest BCUT2D eigenvalue weighted by Gasteiger charge is -2.35. The lowest BCUT2D eigenvalue weighted by atomic mass is 9.93. The number of aliphatic imine (C=N–C) groups is 1. The topological polar surface area (TPSA) is 62.1 Å². The van der Waals surface area contributed by atoms with Gasteiger partial charge in [0.2, 0.25) is 0 Å². The molecule has 0 saturated heterocycles. The van der Waals surface area contributed by atoms with Crippen LogP contribution in [0.3, 0.4) is 0 Å². The van der Waals surface area contributed by atoms with Crippen LogP contribution in [-0.2, 0) is 5.72 Å². The number of hydrogen-bond acceptors (Lipinski definition) is 4. The highest BCUT2D eigenvalue weighted by molar-refractivity contribution is 6.42. The summed E-state index contributed by atoms with van der Waals surface area (Å²) in [7, 11) is 0. The van der Waals surface area contributed by atoms with Crippen LogP contribution in [0.4, 0.5) is 11.4 Å². The van der Waals surface area contributed by atoms with Crippen LogP contribution in [0.1, 0.15) is 21.5 Å². The Bertz CT molecular complexity index is 1190. The molecule has 2 aliphatic heterocycles. The summed E-state index contributed by atoms with van der Waals surface area (Å²) >= 11 is 12.3. The Balaban J connectivity index is 1.75. The lowest BCUT2D eigenvalue weighted by Crippen LogP contribution is -2.45. The first kappa shape index (κ1) is 18.2. The number of nitrogens with zero attached hydrogens (tertiary/aromatic N) is 2. The summed E-state index contributed by atoms with van der Waals surface area (Å²) in [6.45, 7) is 0.396. The van der Waals surface area contributed by atoms with Gasteiger partial charge in [0.15, 0.2) is 5.72 Å². The highest BCUT2D eigenvalue weighted by Gasteiger charge is 2.51. The summed E-state index contributed by atoms with van der Waals surface area (Å²) in [5, 5.41) is 12.7. The summed E-state index contributed by atoms with van der Waals surface area (Å²) in [5.41, 5.74) is 0.666. The molecule has 3 aromatic rings. The van der Waals surface area contributed by atoms with E-state index in [1.807, 2.05) is 0 Å². The van der Waals surface area contributed by atoms with E-state index in [1.54, 1.807) is 66.9 Å². The zero-order valence-electron chi connectivity index (χ0n) is 15.0. The molecule has 29 heavy (non-hydrogen) atoms. The van der Waals surface area contributed by atoms with Crippen LogP contribution in [0.5, 0.6) is 5.75 Å². The van der Waals surface area contributed by atoms with Crippen molar-refractivity contribution in [3.63, 3.8) is 0 Å². The maximum Gasteiger partial charge on any atom is 0.261 e. The Hall–Kier alpha value is -2.86. The summed E-state index contributed by atoms with van der Waals surface area (Å²) in [6, 6.07) is 17.0. The standard InChI is InChI=1S/C22H14Cl2N2O3/c23-17-7-6-14(12-18(17)24)26-21(27)15-3-1-2-4-16(15)22(26,28)13-5-8-20-19(11-13)25-9-10-29-20/h1-9,11-12,28H,10H2. The van der Waals surface area contributed by atoms with E-state index >= 15 is 0 Å². The number of aliphatic hydroxyl groups is 1. The van der Waals surface area contributed by atoms with Gasteiger partial charge in [-0.25, -0.2) is 0 Å². The molecule has 5 rings (SSSR count). The molecule has 144 valence electrons. The predicted molar refractivity (Wildman–Crippen MR) is 113 cm³/mol. The first-order chi connectivity index (χ1) is 14.0. The van der Waals surface area contributed by atoms with E-state index in [9.17, 15) is 9.90 Å². The SMILES string of the molecule is O=C1c2ccccc2C(O)(c2ccc3c(c2)N=CCO3)N1c1ccc(Cl)c(Cl)c1. The Morgan fingerprint density at radius 1 is 1.03 bits per heavy atom. The average Bonchev–Trinajstić information content (AvgIpc) is 2.98. The minimum absolute atomic E-state index is 0.290. The summed E-state index contributed by atoms with van der Waals surface area (Å²) in [6.07, 6.45) is 1.65. The maximum atomic E-state index is 13.3. The molecule has 5 nitrogen and oxygen atoms in total. The number of halogens is 2. The van der Waals surface area contributed by atoms with Crippen LogP contribution in [0.2, 0.25) is 10.0 Å². The molecule has 0 aromatic heterocycles. The van der Waals surface area contributed by atoms with E-state index < -0.39 is 5.72 Å². The second-order valence-electron chi connectivity index (χ2n) is 6.76. The van der Waals surface area contributed by atoms with Crippen molar-refractivity contribution >= 4 is 46.7 Å². The minimum Gasteiger partial charge on any atom is -0.486 e. The third-order valence-corrected chi connectivity index (χ3v) is 5.87. The Labute approximate surface area is 176 Å². The fourth-order valence-electron chi connectivity index (χ4n) is 3.79. The van der Waals surface area contributed by atoms with Gasteiger partial charge in [0, 0.05) is 28.6 Å². The maximum absolute atomic E-state index is 13.3. The Morgan fingerprint density at radius 2 is 1.86 bits per heavy atom. The molecule has 2 aliphatic rings. The normalized spacial score (nSPS) is 19.7. The van der Waals surface area contributed by atoms with Crippen molar-refractivity contribution in [3.05, 3.63) is 87.4 Å². The van der Waals surface area contributed by atoms with E-state index in [1.165, 1.54) is 4.90 Å². The van der Waals surface area contributed by atoms with Crippen molar-refractivity contribution in [2.75, 3.05) is 11.5 Å². The summed E-state index contributed by atoms with van der Waals surface area (Å²) < 4.78 is 5.56. The quantitative estimate of drug-likeness (QED) is 0.633. The van der Waals surface area contributed by atoms with Crippen molar-refractivity contribution in [2.45, 2.75) is 5.72 Å². The molecule has 1 unspecified atom stereocenters. The van der Waals surface area contributed by atoms with E-state index in [0.717, 1.165) is 0 Å². The number of carbonyl (C=O) groups is 1. The number of amides is 1. The Kier molecular flexibility index (Phi) is 4.13. The highest BCUT2D eigenvalue weighted by atomic mass is 35.5. The largest absolute Gasteiger partial charge is 0.486 e. The number of fused-ring (bicyclic) bond motifs is 2. The summed E-state index contributed by atoms with van der Waals surface area (Å²) in [5.74, 6) is 0.289. The van der Waals surface area contributed by atoms with E-state index in [-0.39, 0.29) is 5.91 Å². The molecular weight excluding hydrogens is 411 g/mol. The number of hydrogen-bond donors (Lipinski definition) is 1. The van der Waals surface area contributed by atoms with Gasteiger partial charge in [-0.1, -0.05) is 41.4 Å². The van der Waals surface area contributed by atoms with Crippen LogP contribution in [0, 0.1) is 0 Å². The average molecular weight is 425 g/mol. The molecule has 0 spiro atoms. The van der Waals surface area contributed by atoms with Gasteiger partial charge in [0.05, 0.1) is 10.0 Å². The number of rotatable bonds is 2. The molecule has 1 amide bonds. The van der Waals surface area contributed by atoms with Crippen LogP contribution in [-0.4, -0.2) is 23.8 Å². The van der Waals surface area contributed by atoms with Gasteiger partial charge in [-0.05, 0) is 42.5 Å². The van der Waals surface area contributed by atoms with Gasteiger partial charge in [-0.15, -0.1) is 0 Å². The third-order valence-electron chi connectivity index (χ3n) is 5.13. The lowest BCUT2D eigenvalue weighted by molar-refractivity contribution is 0.0703. The molecule has 0 fully saturated rings. The molecule has 7 heteroatoms. The molecule has 3 aromatic carbocycles. The zero-order chi connectivity index (χ0) is 20.2. The molecule has 1 N–H and O–H groups in total. The van der Waals surface area contributed by atoms with E-state index in [2.05, 4.69) is 4.99 Å². The molecule has 2 heterocycles. The smallest absolute Gasteiger partial charge is 0.261 e.